The van der Waals surface area contributed by atoms with Crippen LogP contribution >= 0.6 is 0 Å². The summed E-state index contributed by atoms with van der Waals surface area (Å²) in [6.45, 7) is 11.4. The van der Waals surface area contributed by atoms with Gasteiger partial charge in [0.05, 0.1) is 21.8 Å². The Morgan fingerprint density at radius 3 is 1.85 bits per heavy atom. The van der Waals surface area contributed by atoms with Crippen molar-refractivity contribution in [3.63, 3.8) is 0 Å². The first-order valence-corrected chi connectivity index (χ1v) is 24.2. The fourth-order valence-electron chi connectivity index (χ4n) is 16.1. The molecule has 3 aromatic carbocycles. The Kier molecular flexibility index (Phi) is 8.20. The Hall–Kier alpha value is -4.58. The molecule has 10 nitrogen and oxygen atoms in total. The molecule has 6 aliphatic heterocycles. The predicted octanol–water partition coefficient (Wildman–Crippen LogP) is 5.61. The molecule has 12 aliphatic rings. The standard InChI is InChI=1S/C19H21NO.C18H21NO3.C18H19NO3/c1-11-4-6-13-10-15-14-7-5-12(2)18-19(14,8-9-20(15)3)16(13)17(11)21-18;2*1-10-3-4-11-9-13-18(21)6-5-12(20)16-17(18,7-8-19(13)2)14(11)15(10)22-16/h4-7,15,18H,8-10H2,1-3H3;3-4,13,16,21H,5-9H2,1-2H3;3-6,13,16,21H,7-9H2,1-2H3/t15-,18+,19+;2*13-,16+,17+,18-/m111/s1. The molecule has 2 N–H and O–H groups in total. The van der Waals surface area contributed by atoms with Crippen molar-refractivity contribution in [3.8, 4) is 17.2 Å². The Morgan fingerprint density at radius 1 is 0.600 bits per heavy atom. The van der Waals surface area contributed by atoms with E-state index < -0.39 is 34.2 Å². The van der Waals surface area contributed by atoms with E-state index >= 15 is 0 Å². The van der Waals surface area contributed by atoms with E-state index in [-0.39, 0.29) is 35.2 Å². The van der Waals surface area contributed by atoms with E-state index in [1.165, 1.54) is 58.2 Å². The molecule has 0 aromatic heterocycles. The molecule has 65 heavy (non-hydrogen) atoms. The number of likely N-dealkylation sites (N-methyl/N-ethyl adjacent to an activating group) is 3. The number of ketones is 2. The van der Waals surface area contributed by atoms with Crippen molar-refractivity contribution < 1.29 is 34.0 Å². The monoisotopic (exact) mass is 875 g/mol. The summed E-state index contributed by atoms with van der Waals surface area (Å²) in [5.41, 5.74) is 11.3. The summed E-state index contributed by atoms with van der Waals surface area (Å²) in [4.78, 5) is 32.2. The Morgan fingerprint density at radius 2 is 1.15 bits per heavy atom. The lowest BCUT2D eigenvalue weighted by Crippen LogP contribution is -2.76. The molecule has 338 valence electrons. The fourth-order valence-corrected chi connectivity index (χ4v) is 16.1. The summed E-state index contributed by atoms with van der Waals surface area (Å²) in [6, 6.07) is 13.7. The Balaban J connectivity index is 0.0000000978. The number of ether oxygens (including phenoxy) is 3. The normalized spacial score (nSPS) is 39.8. The summed E-state index contributed by atoms with van der Waals surface area (Å²) in [6.07, 6.45) is 13.6. The fraction of sp³-hybridized carbons (Fsp3) is 0.527. The zero-order chi connectivity index (χ0) is 44.9. The highest BCUT2D eigenvalue weighted by Crippen LogP contribution is 2.65. The first kappa shape index (κ1) is 40.7. The van der Waals surface area contributed by atoms with Crippen LogP contribution in [0.3, 0.4) is 0 Å². The van der Waals surface area contributed by atoms with Crippen LogP contribution in [0, 0.1) is 20.8 Å². The third-order valence-corrected chi connectivity index (χ3v) is 19.3. The Labute approximate surface area is 381 Å². The summed E-state index contributed by atoms with van der Waals surface area (Å²) in [5, 5.41) is 23.3. The smallest absolute Gasteiger partial charge is 0.196 e. The van der Waals surface area contributed by atoms with Gasteiger partial charge in [-0.05, 0) is 170 Å². The zero-order valence-electron chi connectivity index (χ0n) is 38.8. The maximum Gasteiger partial charge on any atom is 0.196 e. The highest BCUT2D eigenvalue weighted by Gasteiger charge is 2.73. The van der Waals surface area contributed by atoms with E-state index in [2.05, 4.69) is 98.2 Å². The van der Waals surface area contributed by atoms with Crippen LogP contribution in [0.4, 0.5) is 0 Å². The van der Waals surface area contributed by atoms with Crippen LogP contribution in [0.5, 0.6) is 17.2 Å². The van der Waals surface area contributed by atoms with E-state index in [0.717, 1.165) is 78.9 Å². The van der Waals surface area contributed by atoms with E-state index in [1.54, 1.807) is 11.6 Å². The molecule has 0 amide bonds. The second-order valence-corrected chi connectivity index (χ2v) is 22.0. The Bertz CT molecular complexity index is 2780. The molecule has 6 heterocycles. The van der Waals surface area contributed by atoms with Gasteiger partial charge in [0.1, 0.15) is 29.0 Å². The minimum atomic E-state index is -1.02. The van der Waals surface area contributed by atoms with Crippen molar-refractivity contribution in [2.45, 2.75) is 143 Å². The molecular formula is C55H61N3O7. The lowest BCUT2D eigenvalue weighted by Gasteiger charge is -2.62. The average molecular weight is 876 g/mol. The quantitative estimate of drug-likeness (QED) is 0.296. The van der Waals surface area contributed by atoms with Crippen molar-refractivity contribution in [2.75, 3.05) is 40.8 Å². The van der Waals surface area contributed by atoms with Gasteiger partial charge in [-0.1, -0.05) is 48.6 Å². The number of aryl methyl sites for hydroxylation is 3. The van der Waals surface area contributed by atoms with Crippen LogP contribution in [0.15, 0.2) is 71.8 Å². The number of Topliss-reactive ketones (excluding diaryl/α,β-unsaturated/α-hetero) is 1. The summed E-state index contributed by atoms with van der Waals surface area (Å²) in [7, 11) is 6.43. The van der Waals surface area contributed by atoms with Gasteiger partial charge >= 0.3 is 0 Å². The van der Waals surface area contributed by atoms with Crippen LogP contribution in [-0.4, -0.2) is 125 Å². The predicted molar refractivity (Wildman–Crippen MR) is 246 cm³/mol. The molecule has 6 aliphatic carbocycles. The lowest BCUT2D eigenvalue weighted by atomic mass is 9.49. The number of hydrogen-bond donors (Lipinski definition) is 2. The zero-order valence-corrected chi connectivity index (χ0v) is 38.8. The number of aliphatic hydroxyl groups is 2. The van der Waals surface area contributed by atoms with Crippen molar-refractivity contribution in [2.24, 2.45) is 0 Å². The molecule has 15 rings (SSSR count). The maximum atomic E-state index is 12.6. The highest BCUT2D eigenvalue weighted by molar-refractivity contribution is 5.99. The van der Waals surface area contributed by atoms with Gasteiger partial charge in [0.25, 0.3) is 0 Å². The van der Waals surface area contributed by atoms with Gasteiger partial charge in [-0.3, -0.25) is 19.4 Å². The lowest BCUT2D eigenvalue weighted by molar-refractivity contribution is -0.185. The van der Waals surface area contributed by atoms with Gasteiger partial charge in [0.2, 0.25) is 0 Å². The molecule has 3 saturated heterocycles. The molecule has 10 heteroatoms. The summed E-state index contributed by atoms with van der Waals surface area (Å²) < 4.78 is 18.9. The van der Waals surface area contributed by atoms with Gasteiger partial charge in [-0.15, -0.1) is 0 Å². The van der Waals surface area contributed by atoms with Crippen molar-refractivity contribution >= 4 is 11.6 Å². The topological polar surface area (TPSA) is 112 Å². The summed E-state index contributed by atoms with van der Waals surface area (Å²) in [5.74, 6) is 3.04. The van der Waals surface area contributed by atoms with E-state index in [1.807, 2.05) is 13.8 Å². The molecule has 0 unspecified atom stereocenters. The largest absolute Gasteiger partial charge is 0.484 e. The molecule has 6 bridgehead atoms. The maximum absolute atomic E-state index is 12.6. The minimum Gasteiger partial charge on any atom is -0.484 e. The van der Waals surface area contributed by atoms with E-state index in [0.29, 0.717) is 18.9 Å². The molecule has 0 radical (unpaired) electrons. The van der Waals surface area contributed by atoms with Crippen LogP contribution in [-0.2, 0) is 45.1 Å². The molecule has 4 fully saturated rings. The number of rotatable bonds is 0. The summed E-state index contributed by atoms with van der Waals surface area (Å²) >= 11 is 0. The van der Waals surface area contributed by atoms with Crippen LogP contribution in [0.1, 0.15) is 89.1 Å². The van der Waals surface area contributed by atoms with Gasteiger partial charge in [0, 0.05) is 41.2 Å². The number of allylic oxidation sites excluding steroid dienone is 2. The molecular weight excluding hydrogens is 815 g/mol. The number of carbonyl (C=O) groups excluding carboxylic acids is 2. The highest BCUT2D eigenvalue weighted by atomic mass is 16.5. The molecule has 3 spiro atoms. The van der Waals surface area contributed by atoms with Gasteiger partial charge < -0.3 is 29.3 Å². The number of benzene rings is 3. The number of likely N-dealkylation sites (tertiary alicyclic amines) is 3. The van der Waals surface area contributed by atoms with Gasteiger partial charge in [0.15, 0.2) is 23.8 Å². The molecule has 1 saturated carbocycles. The second kappa shape index (κ2) is 13.1. The third-order valence-electron chi connectivity index (χ3n) is 19.3. The van der Waals surface area contributed by atoms with Crippen LogP contribution in [0.2, 0.25) is 0 Å². The number of piperidine rings is 3. The third kappa shape index (κ3) is 4.64. The van der Waals surface area contributed by atoms with Crippen LogP contribution in [0.25, 0.3) is 0 Å². The number of nitrogens with zero attached hydrogens (tertiary/aromatic N) is 3. The number of hydrogen-bond acceptors (Lipinski definition) is 10. The van der Waals surface area contributed by atoms with Crippen molar-refractivity contribution in [1.82, 2.24) is 14.7 Å². The molecule has 3 aromatic rings. The first-order chi connectivity index (χ1) is 31.1. The van der Waals surface area contributed by atoms with Crippen molar-refractivity contribution in [3.05, 3.63) is 122 Å². The first-order valence-electron chi connectivity index (χ1n) is 24.2. The van der Waals surface area contributed by atoms with Gasteiger partial charge in [-0.2, -0.15) is 0 Å². The van der Waals surface area contributed by atoms with Gasteiger partial charge in [-0.25, -0.2) is 0 Å². The molecule has 11 atom stereocenters. The second-order valence-electron chi connectivity index (χ2n) is 22.0. The van der Waals surface area contributed by atoms with Crippen LogP contribution < -0.4 is 14.2 Å². The van der Waals surface area contributed by atoms with E-state index in [9.17, 15) is 19.8 Å². The average Bonchev–Trinajstić information content (AvgIpc) is 3.96. The number of carbonyl (C=O) groups is 2. The van der Waals surface area contributed by atoms with E-state index in [4.69, 9.17) is 14.2 Å². The minimum absolute atomic E-state index is 0.00199. The SMILES string of the molecule is CC1=CC=C2[C@H]3Cc4ccc(C)c5c4[C@@]2(CCN3C)[C@H]1O5.Cc1ccc2c3c1O[C@H]1C(=O)C=C[C@@]4(O)[C@@H](C2)N(C)CC[C@]314.Cc1ccc2c3c1O[C@H]1C(=O)CC[C@@]4(O)[C@@H](C2)N(C)CC[C@]314. The van der Waals surface area contributed by atoms with Crippen molar-refractivity contribution in [1.29, 1.82) is 0 Å².